The Morgan fingerprint density at radius 3 is 2.24 bits per heavy atom. The SMILES string of the molecule is O=C(Cc1ccccc1)OCCOc1c(Cl)cccc1Cl. The van der Waals surface area contributed by atoms with Gasteiger partial charge in [-0.1, -0.05) is 59.6 Å². The molecule has 0 aromatic heterocycles. The minimum Gasteiger partial charge on any atom is -0.487 e. The maximum absolute atomic E-state index is 11.6. The molecular formula is C16H14Cl2O3. The number of halogens is 2. The second-order valence-corrected chi connectivity index (χ2v) is 5.10. The average Bonchev–Trinajstić information content (AvgIpc) is 2.47. The van der Waals surface area contributed by atoms with E-state index in [1.807, 2.05) is 30.3 Å². The van der Waals surface area contributed by atoms with Crippen LogP contribution in [0.2, 0.25) is 10.0 Å². The Hall–Kier alpha value is -1.71. The lowest BCUT2D eigenvalue weighted by molar-refractivity contribution is -0.143. The minimum absolute atomic E-state index is 0.146. The molecule has 0 heterocycles. The highest BCUT2D eigenvalue weighted by atomic mass is 35.5. The second-order valence-electron chi connectivity index (χ2n) is 4.28. The largest absolute Gasteiger partial charge is 0.487 e. The fraction of sp³-hybridized carbons (Fsp3) is 0.188. The molecule has 0 aliphatic rings. The molecule has 0 N–H and O–H groups in total. The monoisotopic (exact) mass is 324 g/mol. The van der Waals surface area contributed by atoms with Crippen molar-refractivity contribution in [1.82, 2.24) is 0 Å². The van der Waals surface area contributed by atoms with Gasteiger partial charge in [-0.3, -0.25) is 4.79 Å². The summed E-state index contributed by atoms with van der Waals surface area (Å²) in [6.45, 7) is 0.344. The normalized spacial score (nSPS) is 10.2. The Morgan fingerprint density at radius 2 is 1.57 bits per heavy atom. The van der Waals surface area contributed by atoms with Crippen molar-refractivity contribution < 1.29 is 14.3 Å². The third-order valence-electron chi connectivity index (χ3n) is 2.70. The quantitative estimate of drug-likeness (QED) is 0.591. The molecule has 0 bridgehead atoms. The molecule has 21 heavy (non-hydrogen) atoms. The van der Waals surface area contributed by atoms with Gasteiger partial charge in [-0.25, -0.2) is 0 Å². The molecule has 2 aromatic carbocycles. The summed E-state index contributed by atoms with van der Waals surface area (Å²) in [6.07, 6.45) is 0.244. The molecule has 0 aliphatic carbocycles. The van der Waals surface area contributed by atoms with E-state index in [-0.39, 0.29) is 25.6 Å². The van der Waals surface area contributed by atoms with Gasteiger partial charge in [-0.15, -0.1) is 0 Å². The molecule has 0 unspecified atom stereocenters. The van der Waals surface area contributed by atoms with E-state index >= 15 is 0 Å². The van der Waals surface area contributed by atoms with Crippen molar-refractivity contribution in [1.29, 1.82) is 0 Å². The van der Waals surface area contributed by atoms with Gasteiger partial charge in [0, 0.05) is 0 Å². The van der Waals surface area contributed by atoms with Crippen LogP contribution in [-0.4, -0.2) is 19.2 Å². The van der Waals surface area contributed by atoms with Crippen LogP contribution in [0.1, 0.15) is 5.56 Å². The molecule has 2 aromatic rings. The van der Waals surface area contributed by atoms with Crippen molar-refractivity contribution >= 4 is 29.2 Å². The summed E-state index contributed by atoms with van der Waals surface area (Å²) in [5, 5.41) is 0.858. The summed E-state index contributed by atoms with van der Waals surface area (Å²) < 4.78 is 10.5. The van der Waals surface area contributed by atoms with Gasteiger partial charge in [0.15, 0.2) is 5.75 Å². The van der Waals surface area contributed by atoms with Crippen molar-refractivity contribution in [3.8, 4) is 5.75 Å². The molecule has 110 valence electrons. The first-order valence-electron chi connectivity index (χ1n) is 6.43. The van der Waals surface area contributed by atoms with Gasteiger partial charge in [0.25, 0.3) is 0 Å². The Bertz CT molecular complexity index is 579. The standard InChI is InChI=1S/C16H14Cl2O3/c17-13-7-4-8-14(18)16(13)21-10-9-20-15(19)11-12-5-2-1-3-6-12/h1-8H,9-11H2. The Labute approximate surface area is 133 Å². The second kappa shape index (κ2) is 7.91. The van der Waals surface area contributed by atoms with Crippen molar-refractivity contribution in [2.45, 2.75) is 6.42 Å². The van der Waals surface area contributed by atoms with Crippen LogP contribution in [0.5, 0.6) is 5.75 Å². The molecule has 0 saturated carbocycles. The lowest BCUT2D eigenvalue weighted by Crippen LogP contribution is -2.14. The fourth-order valence-corrected chi connectivity index (χ4v) is 2.24. The van der Waals surface area contributed by atoms with E-state index in [1.165, 1.54) is 0 Å². The number of ether oxygens (including phenoxy) is 2. The molecule has 0 saturated heterocycles. The maximum Gasteiger partial charge on any atom is 0.310 e. The number of hydrogen-bond donors (Lipinski definition) is 0. The van der Waals surface area contributed by atoms with Gasteiger partial charge >= 0.3 is 5.97 Å². The van der Waals surface area contributed by atoms with E-state index in [0.717, 1.165) is 5.56 Å². The first-order valence-corrected chi connectivity index (χ1v) is 7.19. The van der Waals surface area contributed by atoms with E-state index in [0.29, 0.717) is 15.8 Å². The van der Waals surface area contributed by atoms with Gasteiger partial charge in [-0.05, 0) is 17.7 Å². The number of carbonyl (C=O) groups excluding carboxylic acids is 1. The third kappa shape index (κ3) is 4.96. The van der Waals surface area contributed by atoms with Gasteiger partial charge in [0.1, 0.15) is 13.2 Å². The minimum atomic E-state index is -0.296. The molecule has 0 spiro atoms. The van der Waals surface area contributed by atoms with Gasteiger partial charge in [-0.2, -0.15) is 0 Å². The maximum atomic E-state index is 11.6. The van der Waals surface area contributed by atoms with Crippen LogP contribution in [0.3, 0.4) is 0 Å². The summed E-state index contributed by atoms with van der Waals surface area (Å²) in [4.78, 5) is 11.6. The van der Waals surface area contributed by atoms with Crippen LogP contribution in [0.4, 0.5) is 0 Å². The van der Waals surface area contributed by atoms with E-state index in [1.54, 1.807) is 18.2 Å². The summed E-state index contributed by atoms with van der Waals surface area (Å²) in [7, 11) is 0. The van der Waals surface area contributed by atoms with E-state index in [9.17, 15) is 4.79 Å². The molecule has 0 atom stereocenters. The van der Waals surface area contributed by atoms with Gasteiger partial charge < -0.3 is 9.47 Å². The van der Waals surface area contributed by atoms with Crippen molar-refractivity contribution in [2.24, 2.45) is 0 Å². The summed E-state index contributed by atoms with van der Waals surface area (Å²) in [6, 6.07) is 14.5. The molecule has 3 nitrogen and oxygen atoms in total. The zero-order valence-corrected chi connectivity index (χ0v) is 12.7. The zero-order valence-electron chi connectivity index (χ0n) is 11.2. The molecule has 0 aliphatic heterocycles. The number of rotatable bonds is 6. The predicted molar refractivity (Wildman–Crippen MR) is 83.1 cm³/mol. The van der Waals surface area contributed by atoms with E-state index in [2.05, 4.69) is 0 Å². The molecule has 0 radical (unpaired) electrons. The smallest absolute Gasteiger partial charge is 0.310 e. The van der Waals surface area contributed by atoms with Gasteiger partial charge in [0.2, 0.25) is 0 Å². The third-order valence-corrected chi connectivity index (χ3v) is 3.30. The molecule has 5 heteroatoms. The average molecular weight is 325 g/mol. The van der Waals surface area contributed by atoms with E-state index < -0.39 is 0 Å². The Balaban J connectivity index is 1.74. The molecule has 0 amide bonds. The highest BCUT2D eigenvalue weighted by Gasteiger charge is 2.08. The first kappa shape index (κ1) is 15.7. The lowest BCUT2D eigenvalue weighted by Gasteiger charge is -2.10. The Morgan fingerprint density at radius 1 is 0.905 bits per heavy atom. The van der Waals surface area contributed by atoms with Crippen LogP contribution in [0.25, 0.3) is 0 Å². The lowest BCUT2D eigenvalue weighted by atomic mass is 10.2. The van der Waals surface area contributed by atoms with Crippen LogP contribution >= 0.6 is 23.2 Å². The molecule has 2 rings (SSSR count). The summed E-state index contributed by atoms with van der Waals surface area (Å²) in [5.74, 6) is 0.106. The van der Waals surface area contributed by atoms with Crippen LogP contribution in [0.15, 0.2) is 48.5 Å². The highest BCUT2D eigenvalue weighted by molar-refractivity contribution is 6.37. The van der Waals surface area contributed by atoms with Crippen LogP contribution < -0.4 is 4.74 Å². The number of benzene rings is 2. The topological polar surface area (TPSA) is 35.5 Å². The Kier molecular flexibility index (Phi) is 5.90. The number of hydrogen-bond acceptors (Lipinski definition) is 3. The summed E-state index contributed by atoms with van der Waals surface area (Å²) in [5.41, 5.74) is 0.914. The first-order chi connectivity index (χ1) is 10.2. The number of para-hydroxylation sites is 1. The number of esters is 1. The van der Waals surface area contributed by atoms with Crippen LogP contribution in [0, 0.1) is 0 Å². The van der Waals surface area contributed by atoms with Gasteiger partial charge in [0.05, 0.1) is 16.5 Å². The highest BCUT2D eigenvalue weighted by Crippen LogP contribution is 2.32. The van der Waals surface area contributed by atoms with Crippen molar-refractivity contribution in [3.63, 3.8) is 0 Å². The van der Waals surface area contributed by atoms with E-state index in [4.69, 9.17) is 32.7 Å². The predicted octanol–water partition coefficient (Wildman–Crippen LogP) is 4.16. The molecule has 0 fully saturated rings. The van der Waals surface area contributed by atoms with Crippen molar-refractivity contribution in [3.05, 3.63) is 64.1 Å². The zero-order chi connectivity index (χ0) is 15.1. The molecular weight excluding hydrogens is 311 g/mol. The van der Waals surface area contributed by atoms with Crippen molar-refractivity contribution in [2.75, 3.05) is 13.2 Å². The summed E-state index contributed by atoms with van der Waals surface area (Å²) >= 11 is 11.9. The fourth-order valence-electron chi connectivity index (χ4n) is 1.73. The number of carbonyl (C=O) groups is 1. The van der Waals surface area contributed by atoms with Crippen LogP contribution in [-0.2, 0) is 16.0 Å².